The summed E-state index contributed by atoms with van der Waals surface area (Å²) >= 11 is 1.63. The summed E-state index contributed by atoms with van der Waals surface area (Å²) in [5, 5.41) is 9.67. The fraction of sp³-hybridized carbons (Fsp3) is 0.238. The molecule has 1 aliphatic heterocycles. The van der Waals surface area contributed by atoms with E-state index in [1.807, 2.05) is 42.5 Å². The molecule has 2 N–H and O–H groups in total. The van der Waals surface area contributed by atoms with Crippen molar-refractivity contribution in [2.75, 3.05) is 20.2 Å². The van der Waals surface area contributed by atoms with Gasteiger partial charge >= 0.3 is 0 Å². The van der Waals surface area contributed by atoms with Crippen LogP contribution in [0.15, 0.2) is 65.0 Å². The summed E-state index contributed by atoms with van der Waals surface area (Å²) in [6.07, 6.45) is -0.0713. The molecule has 6 nitrogen and oxygen atoms in total. The summed E-state index contributed by atoms with van der Waals surface area (Å²) in [4.78, 5) is 8.96. The predicted molar refractivity (Wildman–Crippen MR) is 128 cm³/mol. The van der Waals surface area contributed by atoms with Crippen molar-refractivity contribution in [1.29, 1.82) is 0 Å². The molecule has 0 aliphatic carbocycles. The highest BCUT2D eigenvalue weighted by Crippen LogP contribution is 2.30. The molecule has 1 aliphatic rings. The van der Waals surface area contributed by atoms with Crippen LogP contribution in [0.5, 0.6) is 11.5 Å². The van der Waals surface area contributed by atoms with Crippen LogP contribution in [0.1, 0.15) is 5.01 Å². The molecule has 29 heavy (non-hydrogen) atoms. The van der Waals surface area contributed by atoms with E-state index in [1.54, 1.807) is 18.4 Å². The molecule has 3 aromatic rings. The Labute approximate surface area is 191 Å². The van der Waals surface area contributed by atoms with Crippen molar-refractivity contribution in [3.05, 3.63) is 65.0 Å². The van der Waals surface area contributed by atoms with Crippen molar-refractivity contribution >= 4 is 41.3 Å². The number of ether oxygens (including phenoxy) is 2. The van der Waals surface area contributed by atoms with E-state index in [2.05, 4.69) is 33.1 Å². The van der Waals surface area contributed by atoms with Gasteiger partial charge in [0.2, 0.25) is 0 Å². The lowest BCUT2D eigenvalue weighted by atomic mass is 10.2. The molecule has 0 bridgehead atoms. The zero-order valence-corrected chi connectivity index (χ0v) is 19.1. The van der Waals surface area contributed by atoms with Crippen molar-refractivity contribution in [3.63, 3.8) is 0 Å². The second-order valence-electron chi connectivity index (χ2n) is 6.30. The van der Waals surface area contributed by atoms with E-state index in [-0.39, 0.29) is 30.1 Å². The third kappa shape index (κ3) is 5.60. The van der Waals surface area contributed by atoms with E-state index >= 15 is 0 Å². The molecule has 4 rings (SSSR count). The van der Waals surface area contributed by atoms with Gasteiger partial charge in [-0.2, -0.15) is 0 Å². The van der Waals surface area contributed by atoms with Crippen molar-refractivity contribution in [2.24, 2.45) is 4.99 Å². The van der Waals surface area contributed by atoms with Crippen LogP contribution in [0.4, 0.5) is 0 Å². The average Bonchev–Trinajstić information content (AvgIpc) is 3.23. The molecule has 1 unspecified atom stereocenters. The molecule has 8 heteroatoms. The van der Waals surface area contributed by atoms with Crippen molar-refractivity contribution in [2.45, 2.75) is 12.6 Å². The second kappa shape index (κ2) is 10.4. The number of benzene rings is 2. The molecule has 2 heterocycles. The molecule has 2 aromatic carbocycles. The fourth-order valence-corrected chi connectivity index (χ4v) is 3.63. The second-order valence-corrected chi connectivity index (χ2v) is 7.24. The van der Waals surface area contributed by atoms with Gasteiger partial charge in [-0.15, -0.1) is 35.3 Å². The maximum Gasteiger partial charge on any atom is 0.191 e. The van der Waals surface area contributed by atoms with E-state index in [9.17, 15) is 0 Å². The molecular formula is C21H23IN4O2S. The van der Waals surface area contributed by atoms with Gasteiger partial charge in [0.05, 0.1) is 18.8 Å². The van der Waals surface area contributed by atoms with Crippen molar-refractivity contribution in [3.8, 4) is 22.8 Å². The van der Waals surface area contributed by atoms with Crippen molar-refractivity contribution < 1.29 is 9.47 Å². The van der Waals surface area contributed by atoms with Gasteiger partial charge in [0, 0.05) is 18.0 Å². The SMILES string of the molecule is CN=C(NCc1nc(-c2ccccc2)cs1)NCC1COc2ccccc2O1.I. The maximum atomic E-state index is 5.96. The van der Waals surface area contributed by atoms with Gasteiger partial charge in [-0.1, -0.05) is 42.5 Å². The number of hydrogen-bond acceptors (Lipinski definition) is 5. The molecule has 1 atom stereocenters. The Kier molecular flexibility index (Phi) is 7.70. The van der Waals surface area contributed by atoms with E-state index in [0.717, 1.165) is 27.8 Å². The Morgan fingerprint density at radius 3 is 2.66 bits per heavy atom. The first-order valence-corrected chi connectivity index (χ1v) is 10.0. The van der Waals surface area contributed by atoms with Gasteiger partial charge in [0.25, 0.3) is 0 Å². The Bertz CT molecular complexity index is 949. The van der Waals surface area contributed by atoms with E-state index in [1.165, 1.54) is 0 Å². The highest BCUT2D eigenvalue weighted by Gasteiger charge is 2.20. The molecule has 1 aromatic heterocycles. The lowest BCUT2D eigenvalue weighted by molar-refractivity contribution is 0.0936. The standard InChI is InChI=1S/C21H22N4O2S.HI/c1-22-21(23-11-16-13-26-18-9-5-6-10-19(18)27-16)24-12-20-25-17(14-28-20)15-7-3-2-4-8-15;/h2-10,14,16H,11-13H2,1H3,(H2,22,23,24);1H. The summed E-state index contributed by atoms with van der Waals surface area (Å²) in [6, 6.07) is 17.9. The molecular weight excluding hydrogens is 499 g/mol. The van der Waals surface area contributed by atoms with Gasteiger partial charge in [-0.05, 0) is 12.1 Å². The maximum absolute atomic E-state index is 5.96. The van der Waals surface area contributed by atoms with Crippen LogP contribution in [0.25, 0.3) is 11.3 Å². The first-order valence-electron chi connectivity index (χ1n) is 9.14. The zero-order valence-electron chi connectivity index (χ0n) is 16.0. The van der Waals surface area contributed by atoms with Crippen molar-refractivity contribution in [1.82, 2.24) is 15.6 Å². The van der Waals surface area contributed by atoms with Gasteiger partial charge < -0.3 is 20.1 Å². The lowest BCUT2D eigenvalue weighted by Crippen LogP contribution is -2.45. The quantitative estimate of drug-likeness (QED) is 0.302. The third-order valence-corrected chi connectivity index (χ3v) is 5.17. The van der Waals surface area contributed by atoms with Crippen LogP contribution in [0, 0.1) is 0 Å². The number of halogens is 1. The summed E-state index contributed by atoms with van der Waals surface area (Å²) in [6.45, 7) is 1.72. The molecule has 0 fully saturated rings. The number of aromatic nitrogens is 1. The van der Waals surface area contributed by atoms with Crippen LogP contribution in [-0.4, -0.2) is 37.2 Å². The minimum Gasteiger partial charge on any atom is -0.486 e. The Balaban J connectivity index is 0.00000240. The smallest absolute Gasteiger partial charge is 0.191 e. The number of rotatable bonds is 5. The number of aliphatic imine (C=N–C) groups is 1. The Morgan fingerprint density at radius 2 is 1.86 bits per heavy atom. The molecule has 0 amide bonds. The number of nitrogens with one attached hydrogen (secondary N) is 2. The van der Waals surface area contributed by atoms with Gasteiger partial charge in [0.1, 0.15) is 17.7 Å². The molecule has 0 saturated heterocycles. The zero-order chi connectivity index (χ0) is 19.2. The molecule has 0 radical (unpaired) electrons. The fourth-order valence-electron chi connectivity index (χ4n) is 2.89. The highest BCUT2D eigenvalue weighted by atomic mass is 127. The monoisotopic (exact) mass is 522 g/mol. The first-order chi connectivity index (χ1) is 13.8. The van der Waals surface area contributed by atoms with Gasteiger partial charge in [-0.25, -0.2) is 4.98 Å². The molecule has 152 valence electrons. The summed E-state index contributed by atoms with van der Waals surface area (Å²) in [5.41, 5.74) is 2.12. The normalized spacial score (nSPS) is 15.3. The number of nitrogens with zero attached hydrogens (tertiary/aromatic N) is 2. The summed E-state index contributed by atoms with van der Waals surface area (Å²) in [7, 11) is 1.75. The third-order valence-electron chi connectivity index (χ3n) is 4.32. The van der Waals surface area contributed by atoms with Gasteiger partial charge in [0.15, 0.2) is 17.5 Å². The van der Waals surface area contributed by atoms with Crippen LogP contribution in [0.2, 0.25) is 0 Å². The van der Waals surface area contributed by atoms with Crippen LogP contribution in [0.3, 0.4) is 0 Å². The lowest BCUT2D eigenvalue weighted by Gasteiger charge is -2.27. The minimum absolute atomic E-state index is 0. The van der Waals surface area contributed by atoms with Gasteiger partial charge in [-0.3, -0.25) is 4.99 Å². The van der Waals surface area contributed by atoms with E-state index in [4.69, 9.17) is 14.5 Å². The van der Waals surface area contributed by atoms with E-state index < -0.39 is 0 Å². The average molecular weight is 522 g/mol. The Morgan fingerprint density at radius 1 is 1.10 bits per heavy atom. The number of guanidine groups is 1. The Hall–Kier alpha value is -2.33. The van der Waals surface area contributed by atoms with Crippen LogP contribution >= 0.6 is 35.3 Å². The topological polar surface area (TPSA) is 67.8 Å². The molecule has 0 saturated carbocycles. The number of thiazole rings is 1. The summed E-state index contributed by atoms with van der Waals surface area (Å²) < 4.78 is 11.7. The highest BCUT2D eigenvalue weighted by molar-refractivity contribution is 14.0. The largest absolute Gasteiger partial charge is 0.486 e. The van der Waals surface area contributed by atoms with Crippen LogP contribution in [-0.2, 0) is 6.54 Å². The number of para-hydroxylation sites is 2. The number of hydrogen-bond donors (Lipinski definition) is 2. The summed E-state index contributed by atoms with van der Waals surface area (Å²) in [5.74, 6) is 2.28. The first kappa shape index (κ1) is 21.4. The van der Waals surface area contributed by atoms with Crippen LogP contribution < -0.4 is 20.1 Å². The minimum atomic E-state index is -0.0713. The predicted octanol–water partition coefficient (Wildman–Crippen LogP) is 3.93. The number of fused-ring (bicyclic) bond motifs is 1. The molecule has 0 spiro atoms. The van der Waals surface area contributed by atoms with E-state index in [0.29, 0.717) is 25.7 Å².